The number of piperazine rings is 1. The average Bonchev–Trinajstić information content (AvgIpc) is 2.87. The Balaban J connectivity index is 1.50. The first-order valence-corrected chi connectivity index (χ1v) is 11.3. The minimum atomic E-state index is -0.463. The van der Waals surface area contributed by atoms with Crippen molar-refractivity contribution in [1.82, 2.24) is 9.80 Å². The van der Waals surface area contributed by atoms with Crippen LogP contribution in [-0.4, -0.2) is 54.4 Å². The molecule has 0 aliphatic carbocycles. The van der Waals surface area contributed by atoms with Crippen LogP contribution in [0.4, 0.5) is 5.69 Å². The third-order valence-corrected chi connectivity index (χ3v) is 5.80. The van der Waals surface area contributed by atoms with Crippen LogP contribution in [0.25, 0.3) is 0 Å². The van der Waals surface area contributed by atoms with E-state index in [-0.39, 0.29) is 11.8 Å². The van der Waals surface area contributed by atoms with Crippen LogP contribution in [0, 0.1) is 0 Å². The van der Waals surface area contributed by atoms with E-state index in [1.54, 1.807) is 0 Å². The van der Waals surface area contributed by atoms with Crippen LogP contribution in [0.5, 0.6) is 5.75 Å². The number of nitrogens with zero attached hydrogens (tertiary/aromatic N) is 2. The Morgan fingerprint density at radius 2 is 1.45 bits per heavy atom. The van der Waals surface area contributed by atoms with Gasteiger partial charge in [0, 0.05) is 31.7 Å². The van der Waals surface area contributed by atoms with Crippen molar-refractivity contribution in [1.29, 1.82) is 0 Å². The highest BCUT2D eigenvalue weighted by Crippen LogP contribution is 2.28. The Labute approximate surface area is 194 Å². The third-order valence-electron chi connectivity index (χ3n) is 5.80. The molecule has 3 aromatic rings. The predicted octanol–water partition coefficient (Wildman–Crippen LogP) is 4.22. The number of carbonyl (C=O) groups excluding carboxylic acids is 2. The largest absolute Gasteiger partial charge is 0.492 e. The summed E-state index contributed by atoms with van der Waals surface area (Å²) >= 11 is 0. The molecule has 4 rings (SSSR count). The highest BCUT2D eigenvalue weighted by atomic mass is 16.5. The standard InChI is InChI=1S/C27H29N3O3/c1-2-33-24-16-10-9-15-23(24)28-26(31)25(21-11-5-3-6-12-21)29-17-19-30(20-18-29)27(32)22-13-7-4-8-14-22/h3-16,25H,2,17-20H2,1H3,(H,28,31). The van der Waals surface area contributed by atoms with Gasteiger partial charge in [-0.25, -0.2) is 0 Å². The zero-order chi connectivity index (χ0) is 23.0. The van der Waals surface area contributed by atoms with Gasteiger partial charge in [-0.1, -0.05) is 60.7 Å². The number of nitrogens with one attached hydrogen (secondary N) is 1. The molecule has 1 unspecified atom stereocenters. The summed E-state index contributed by atoms with van der Waals surface area (Å²) in [5.74, 6) is 0.566. The average molecular weight is 444 g/mol. The highest BCUT2D eigenvalue weighted by Gasteiger charge is 2.32. The lowest BCUT2D eigenvalue weighted by atomic mass is 10.0. The molecule has 170 valence electrons. The molecule has 6 nitrogen and oxygen atoms in total. The SMILES string of the molecule is CCOc1ccccc1NC(=O)C(c1ccccc1)N1CCN(C(=O)c2ccccc2)CC1. The Kier molecular flexibility index (Phi) is 7.37. The van der Waals surface area contributed by atoms with E-state index in [9.17, 15) is 9.59 Å². The van der Waals surface area contributed by atoms with E-state index in [4.69, 9.17) is 4.74 Å². The van der Waals surface area contributed by atoms with Gasteiger partial charge in [0.05, 0.1) is 12.3 Å². The quantitative estimate of drug-likeness (QED) is 0.594. The Bertz CT molecular complexity index is 1060. The van der Waals surface area contributed by atoms with Gasteiger partial charge in [-0.2, -0.15) is 0 Å². The summed E-state index contributed by atoms with van der Waals surface area (Å²) in [5, 5.41) is 3.06. The van der Waals surface area contributed by atoms with Crippen molar-refractivity contribution in [3.8, 4) is 5.75 Å². The van der Waals surface area contributed by atoms with Gasteiger partial charge in [0.15, 0.2) is 0 Å². The molecule has 33 heavy (non-hydrogen) atoms. The fourth-order valence-corrected chi connectivity index (χ4v) is 4.16. The lowest BCUT2D eigenvalue weighted by Gasteiger charge is -2.38. The van der Waals surface area contributed by atoms with E-state index in [1.807, 2.05) is 96.8 Å². The van der Waals surface area contributed by atoms with Crippen LogP contribution in [-0.2, 0) is 4.79 Å². The molecular formula is C27H29N3O3. The number of ether oxygens (including phenoxy) is 1. The molecule has 2 amide bonds. The Morgan fingerprint density at radius 3 is 2.12 bits per heavy atom. The van der Waals surface area contributed by atoms with Crippen LogP contribution in [0.2, 0.25) is 0 Å². The number of benzene rings is 3. The molecular weight excluding hydrogens is 414 g/mol. The summed E-state index contributed by atoms with van der Waals surface area (Å²) in [6, 6.07) is 26.1. The Morgan fingerprint density at radius 1 is 0.848 bits per heavy atom. The van der Waals surface area contributed by atoms with Crippen molar-refractivity contribution in [2.75, 3.05) is 38.1 Å². The summed E-state index contributed by atoms with van der Waals surface area (Å²) < 4.78 is 5.68. The minimum Gasteiger partial charge on any atom is -0.492 e. The van der Waals surface area contributed by atoms with Gasteiger partial charge < -0.3 is 15.0 Å². The topological polar surface area (TPSA) is 61.9 Å². The van der Waals surface area contributed by atoms with Crippen molar-refractivity contribution in [2.45, 2.75) is 13.0 Å². The van der Waals surface area contributed by atoms with Crippen molar-refractivity contribution < 1.29 is 14.3 Å². The monoisotopic (exact) mass is 443 g/mol. The first-order valence-electron chi connectivity index (χ1n) is 11.3. The number of hydrogen-bond donors (Lipinski definition) is 1. The second-order valence-electron chi connectivity index (χ2n) is 7.93. The van der Waals surface area contributed by atoms with Gasteiger partial charge in [-0.3, -0.25) is 14.5 Å². The van der Waals surface area contributed by atoms with Crippen LogP contribution in [0.1, 0.15) is 28.9 Å². The molecule has 3 aromatic carbocycles. The predicted molar refractivity (Wildman–Crippen MR) is 129 cm³/mol. The van der Waals surface area contributed by atoms with E-state index < -0.39 is 6.04 Å². The van der Waals surface area contributed by atoms with Gasteiger partial charge in [-0.15, -0.1) is 0 Å². The highest BCUT2D eigenvalue weighted by molar-refractivity contribution is 5.97. The Hall–Kier alpha value is -3.64. The van der Waals surface area contributed by atoms with Gasteiger partial charge in [0.2, 0.25) is 5.91 Å². The number of anilines is 1. The molecule has 0 spiro atoms. The number of hydrogen-bond acceptors (Lipinski definition) is 4. The minimum absolute atomic E-state index is 0.0293. The molecule has 1 fully saturated rings. The maximum Gasteiger partial charge on any atom is 0.253 e. The second kappa shape index (κ2) is 10.8. The molecule has 1 aliphatic heterocycles. The number of rotatable bonds is 7. The van der Waals surface area contributed by atoms with Crippen molar-refractivity contribution in [2.24, 2.45) is 0 Å². The first-order chi connectivity index (χ1) is 16.2. The summed E-state index contributed by atoms with van der Waals surface area (Å²) in [7, 11) is 0. The zero-order valence-corrected chi connectivity index (χ0v) is 18.8. The molecule has 1 heterocycles. The van der Waals surface area contributed by atoms with Gasteiger partial charge in [-0.05, 0) is 36.8 Å². The molecule has 1 atom stereocenters. The lowest BCUT2D eigenvalue weighted by molar-refractivity contribution is -0.122. The van der Waals surface area contributed by atoms with Crippen molar-refractivity contribution in [3.63, 3.8) is 0 Å². The van der Waals surface area contributed by atoms with E-state index >= 15 is 0 Å². The fourth-order valence-electron chi connectivity index (χ4n) is 4.16. The molecule has 1 aliphatic rings. The number of carbonyl (C=O) groups is 2. The second-order valence-corrected chi connectivity index (χ2v) is 7.93. The van der Waals surface area contributed by atoms with Crippen LogP contribution < -0.4 is 10.1 Å². The molecule has 1 saturated heterocycles. The van der Waals surface area contributed by atoms with Crippen molar-refractivity contribution >= 4 is 17.5 Å². The molecule has 0 saturated carbocycles. The summed E-state index contributed by atoms with van der Waals surface area (Å²) in [6.07, 6.45) is 0. The number of para-hydroxylation sites is 2. The summed E-state index contributed by atoms with van der Waals surface area (Å²) in [5.41, 5.74) is 2.27. The van der Waals surface area contributed by atoms with E-state index in [0.717, 1.165) is 5.56 Å². The van der Waals surface area contributed by atoms with E-state index in [2.05, 4.69) is 10.2 Å². The smallest absolute Gasteiger partial charge is 0.253 e. The van der Waals surface area contributed by atoms with Gasteiger partial charge in [0.25, 0.3) is 5.91 Å². The van der Waals surface area contributed by atoms with Crippen molar-refractivity contribution in [3.05, 3.63) is 96.1 Å². The molecule has 0 radical (unpaired) electrons. The normalized spacial score (nSPS) is 15.0. The molecule has 0 bridgehead atoms. The van der Waals surface area contributed by atoms with E-state index in [0.29, 0.717) is 49.8 Å². The molecule has 1 N–H and O–H groups in total. The zero-order valence-electron chi connectivity index (χ0n) is 18.8. The van der Waals surface area contributed by atoms with Gasteiger partial charge >= 0.3 is 0 Å². The summed E-state index contributed by atoms with van der Waals surface area (Å²) in [6.45, 7) is 4.80. The van der Waals surface area contributed by atoms with Crippen LogP contribution >= 0.6 is 0 Å². The van der Waals surface area contributed by atoms with E-state index in [1.165, 1.54) is 0 Å². The van der Waals surface area contributed by atoms with Crippen LogP contribution in [0.15, 0.2) is 84.9 Å². The first kappa shape index (κ1) is 22.6. The maximum atomic E-state index is 13.5. The third kappa shape index (κ3) is 5.41. The fraction of sp³-hybridized carbons (Fsp3) is 0.259. The molecule has 0 aromatic heterocycles. The summed E-state index contributed by atoms with van der Waals surface area (Å²) in [4.78, 5) is 30.4. The molecule has 6 heteroatoms. The lowest BCUT2D eigenvalue weighted by Crippen LogP contribution is -2.51. The number of amides is 2. The van der Waals surface area contributed by atoms with Gasteiger partial charge in [0.1, 0.15) is 11.8 Å². The maximum absolute atomic E-state index is 13.5. The van der Waals surface area contributed by atoms with Crippen LogP contribution in [0.3, 0.4) is 0 Å².